The number of para-hydroxylation sites is 1. The maximum atomic E-state index is 5.94. The van der Waals surface area contributed by atoms with Gasteiger partial charge >= 0.3 is 0 Å². The van der Waals surface area contributed by atoms with Gasteiger partial charge < -0.3 is 4.42 Å². The molecule has 7 nitrogen and oxygen atoms in total. The van der Waals surface area contributed by atoms with E-state index in [0.717, 1.165) is 45.4 Å². The minimum atomic E-state index is 0.111. The third-order valence-electron chi connectivity index (χ3n) is 4.70. The van der Waals surface area contributed by atoms with Crippen LogP contribution in [0.1, 0.15) is 38.6 Å². The van der Waals surface area contributed by atoms with Gasteiger partial charge in [0.25, 0.3) is 0 Å². The van der Waals surface area contributed by atoms with E-state index < -0.39 is 0 Å². The van der Waals surface area contributed by atoms with Crippen molar-refractivity contribution in [1.82, 2.24) is 30.7 Å². The molecule has 8 heteroatoms. The molecule has 0 amide bonds. The Morgan fingerprint density at radius 1 is 1.27 bits per heavy atom. The Bertz CT molecular complexity index is 1030. The quantitative estimate of drug-likeness (QED) is 0.573. The van der Waals surface area contributed by atoms with E-state index in [0.29, 0.717) is 12.0 Å². The average molecular weight is 368 g/mol. The van der Waals surface area contributed by atoms with Crippen molar-refractivity contribution in [2.75, 3.05) is 0 Å². The van der Waals surface area contributed by atoms with Crippen molar-refractivity contribution in [3.8, 4) is 10.8 Å². The predicted molar refractivity (Wildman–Crippen MR) is 101 cm³/mol. The molecule has 2 N–H and O–H groups in total. The molecule has 4 aromatic rings. The van der Waals surface area contributed by atoms with Gasteiger partial charge in [-0.05, 0) is 30.9 Å². The Morgan fingerprint density at radius 2 is 2.15 bits per heavy atom. The fraction of sp³-hybridized carbons (Fsp3) is 0.389. The van der Waals surface area contributed by atoms with Crippen molar-refractivity contribution in [2.45, 2.75) is 38.8 Å². The van der Waals surface area contributed by atoms with Crippen LogP contribution in [0.15, 0.2) is 34.7 Å². The highest BCUT2D eigenvalue weighted by Gasteiger charge is 2.30. The lowest BCUT2D eigenvalue weighted by Gasteiger charge is -2.11. The molecular formula is C18H20N6OS. The van der Waals surface area contributed by atoms with E-state index >= 15 is 0 Å². The van der Waals surface area contributed by atoms with Crippen LogP contribution < -0.4 is 10.9 Å². The smallest absolute Gasteiger partial charge is 0.235 e. The first-order valence-corrected chi connectivity index (χ1v) is 9.71. The van der Waals surface area contributed by atoms with Crippen LogP contribution in [0.25, 0.3) is 26.7 Å². The lowest BCUT2D eigenvalue weighted by molar-refractivity contribution is 0.446. The van der Waals surface area contributed by atoms with Gasteiger partial charge in [-0.2, -0.15) is 4.52 Å². The van der Waals surface area contributed by atoms with Crippen LogP contribution >= 0.6 is 11.3 Å². The molecule has 2 unspecified atom stereocenters. The Kier molecular flexibility index (Phi) is 3.77. The molecule has 1 saturated heterocycles. The molecule has 0 aliphatic carbocycles. The molecule has 0 bridgehead atoms. The second kappa shape index (κ2) is 6.15. The van der Waals surface area contributed by atoms with Crippen molar-refractivity contribution < 1.29 is 4.42 Å². The number of benzene rings is 1. The van der Waals surface area contributed by atoms with Gasteiger partial charge in [0.1, 0.15) is 5.58 Å². The van der Waals surface area contributed by atoms with E-state index in [2.05, 4.69) is 34.9 Å². The molecule has 1 aliphatic heterocycles. The molecule has 1 fully saturated rings. The first-order chi connectivity index (χ1) is 12.7. The molecule has 2 atom stereocenters. The molecule has 3 aromatic heterocycles. The Hall–Kier alpha value is -2.29. The molecule has 0 spiro atoms. The maximum absolute atomic E-state index is 5.94. The molecule has 5 rings (SSSR count). The average Bonchev–Trinajstić information content (AvgIpc) is 3.36. The van der Waals surface area contributed by atoms with Gasteiger partial charge in [0.15, 0.2) is 16.6 Å². The van der Waals surface area contributed by atoms with Crippen molar-refractivity contribution in [2.24, 2.45) is 5.92 Å². The van der Waals surface area contributed by atoms with Crippen LogP contribution in [0.2, 0.25) is 0 Å². The van der Waals surface area contributed by atoms with Gasteiger partial charge in [-0.3, -0.25) is 5.43 Å². The molecule has 0 radical (unpaired) electrons. The fourth-order valence-corrected chi connectivity index (χ4v) is 4.35. The number of hydrogen-bond donors (Lipinski definition) is 2. The number of rotatable bonds is 4. The predicted octanol–water partition coefficient (Wildman–Crippen LogP) is 3.55. The first kappa shape index (κ1) is 15.9. The van der Waals surface area contributed by atoms with E-state index in [9.17, 15) is 0 Å². The Balaban J connectivity index is 1.46. The SMILES string of the molecule is CC(C)CC1CC(c2nnc3sc(-c4cc5ccccc5o4)nn23)NN1. The minimum absolute atomic E-state index is 0.111. The summed E-state index contributed by atoms with van der Waals surface area (Å²) in [5.41, 5.74) is 7.59. The van der Waals surface area contributed by atoms with E-state index in [-0.39, 0.29) is 6.04 Å². The zero-order valence-corrected chi connectivity index (χ0v) is 15.5. The first-order valence-electron chi connectivity index (χ1n) is 8.89. The molecule has 134 valence electrons. The fourth-order valence-electron chi connectivity index (χ4n) is 3.55. The van der Waals surface area contributed by atoms with E-state index in [1.807, 2.05) is 34.8 Å². The summed E-state index contributed by atoms with van der Waals surface area (Å²) in [4.78, 5) is 0.782. The number of hydrazine groups is 1. The minimum Gasteiger partial charge on any atom is -0.453 e. The van der Waals surface area contributed by atoms with E-state index in [1.54, 1.807) is 0 Å². The number of hydrogen-bond acceptors (Lipinski definition) is 7. The summed E-state index contributed by atoms with van der Waals surface area (Å²) in [6.45, 7) is 4.48. The zero-order valence-electron chi connectivity index (χ0n) is 14.6. The summed E-state index contributed by atoms with van der Waals surface area (Å²) < 4.78 is 7.78. The molecule has 1 aliphatic rings. The Morgan fingerprint density at radius 3 is 3.00 bits per heavy atom. The van der Waals surface area contributed by atoms with Crippen molar-refractivity contribution >= 4 is 27.3 Å². The van der Waals surface area contributed by atoms with Gasteiger partial charge in [0.2, 0.25) is 4.96 Å². The summed E-state index contributed by atoms with van der Waals surface area (Å²) >= 11 is 1.49. The second-order valence-electron chi connectivity index (χ2n) is 7.21. The number of fused-ring (bicyclic) bond motifs is 2. The summed E-state index contributed by atoms with van der Waals surface area (Å²) in [7, 11) is 0. The number of furan rings is 1. The van der Waals surface area contributed by atoms with Crippen molar-refractivity contribution in [1.29, 1.82) is 0 Å². The second-order valence-corrected chi connectivity index (χ2v) is 8.17. The highest BCUT2D eigenvalue weighted by atomic mass is 32.1. The summed E-state index contributed by atoms with van der Waals surface area (Å²) in [5.74, 6) is 2.27. The van der Waals surface area contributed by atoms with E-state index in [1.165, 1.54) is 11.3 Å². The van der Waals surface area contributed by atoms with Gasteiger partial charge in [-0.25, -0.2) is 5.43 Å². The summed E-state index contributed by atoms with van der Waals surface area (Å²) in [5, 5.41) is 15.3. The topological polar surface area (TPSA) is 80.3 Å². The highest BCUT2D eigenvalue weighted by Crippen LogP contribution is 2.32. The van der Waals surface area contributed by atoms with Crippen molar-refractivity contribution in [3.63, 3.8) is 0 Å². The van der Waals surface area contributed by atoms with Gasteiger partial charge in [-0.1, -0.05) is 43.4 Å². The van der Waals surface area contributed by atoms with Crippen LogP contribution in [-0.2, 0) is 0 Å². The third-order valence-corrected chi connectivity index (χ3v) is 5.61. The van der Waals surface area contributed by atoms with Gasteiger partial charge in [0, 0.05) is 11.4 Å². The lowest BCUT2D eigenvalue weighted by Crippen LogP contribution is -2.32. The largest absolute Gasteiger partial charge is 0.453 e. The molecular weight excluding hydrogens is 348 g/mol. The van der Waals surface area contributed by atoms with Crippen LogP contribution in [-0.4, -0.2) is 25.9 Å². The van der Waals surface area contributed by atoms with Crippen LogP contribution in [0.3, 0.4) is 0 Å². The standard InChI is InChI=1S/C18H20N6OS/c1-10(2)7-12-9-13(20-19-12)16-21-22-18-24(16)23-17(26-18)15-8-11-5-3-4-6-14(11)25-15/h3-6,8,10,12-13,19-20H,7,9H2,1-2H3. The van der Waals surface area contributed by atoms with Gasteiger partial charge in [0.05, 0.1) is 6.04 Å². The van der Waals surface area contributed by atoms with Crippen molar-refractivity contribution in [3.05, 3.63) is 36.2 Å². The molecule has 0 saturated carbocycles. The Labute approximate surface area is 154 Å². The number of aromatic nitrogens is 4. The van der Waals surface area contributed by atoms with E-state index in [4.69, 9.17) is 9.52 Å². The molecule has 26 heavy (non-hydrogen) atoms. The maximum Gasteiger partial charge on any atom is 0.235 e. The molecule has 4 heterocycles. The lowest BCUT2D eigenvalue weighted by atomic mass is 10.00. The number of nitrogens with zero attached hydrogens (tertiary/aromatic N) is 4. The van der Waals surface area contributed by atoms with Crippen LogP contribution in [0.4, 0.5) is 0 Å². The summed E-state index contributed by atoms with van der Waals surface area (Å²) in [6, 6.07) is 10.6. The van der Waals surface area contributed by atoms with Crippen LogP contribution in [0, 0.1) is 5.92 Å². The highest BCUT2D eigenvalue weighted by molar-refractivity contribution is 7.19. The monoisotopic (exact) mass is 368 g/mol. The third kappa shape index (κ3) is 2.70. The summed E-state index contributed by atoms with van der Waals surface area (Å²) in [6.07, 6.45) is 2.11. The van der Waals surface area contributed by atoms with Gasteiger partial charge in [-0.15, -0.1) is 15.3 Å². The number of nitrogens with one attached hydrogen (secondary N) is 2. The van der Waals surface area contributed by atoms with Crippen LogP contribution in [0.5, 0.6) is 0 Å². The molecule has 1 aromatic carbocycles. The zero-order chi connectivity index (χ0) is 17.7. The normalized spacial score (nSPS) is 20.7.